The molecule has 0 aliphatic rings. The number of hydrogen-bond donors (Lipinski definition) is 1. The van der Waals surface area contributed by atoms with E-state index in [0.717, 1.165) is 4.31 Å². The molecule has 25 heavy (non-hydrogen) atoms. The summed E-state index contributed by atoms with van der Waals surface area (Å²) in [5.74, 6) is -0.500. The second-order valence-corrected chi connectivity index (χ2v) is 7.49. The molecular formula is C17H23N3O4S. The molecule has 1 aromatic rings. The molecule has 0 radical (unpaired) electrons. The highest BCUT2D eigenvalue weighted by molar-refractivity contribution is 7.89. The van der Waals surface area contributed by atoms with Gasteiger partial charge in [-0.1, -0.05) is 12.1 Å². The number of rotatable bonds is 9. The number of sulfonamides is 1. The second kappa shape index (κ2) is 9.93. The van der Waals surface area contributed by atoms with E-state index in [2.05, 4.69) is 5.32 Å². The van der Waals surface area contributed by atoms with E-state index in [1.165, 1.54) is 32.3 Å². The van der Waals surface area contributed by atoms with Gasteiger partial charge in [0.15, 0.2) is 0 Å². The molecule has 0 aliphatic heterocycles. The average molecular weight is 365 g/mol. The molecule has 0 aliphatic carbocycles. The van der Waals surface area contributed by atoms with Crippen molar-refractivity contribution in [3.63, 3.8) is 0 Å². The quantitative estimate of drug-likeness (QED) is 0.405. The number of nitrogens with one attached hydrogen (secondary N) is 1. The Bertz CT molecular complexity index is 764. The number of nitrogens with zero attached hydrogens (tertiary/aromatic N) is 2. The third kappa shape index (κ3) is 6.31. The minimum Gasteiger partial charge on any atom is -0.382 e. The van der Waals surface area contributed by atoms with Gasteiger partial charge in [0, 0.05) is 33.9 Å². The van der Waals surface area contributed by atoms with Crippen LogP contribution >= 0.6 is 0 Å². The highest BCUT2D eigenvalue weighted by atomic mass is 32.2. The Morgan fingerprint density at radius 3 is 2.72 bits per heavy atom. The lowest BCUT2D eigenvalue weighted by atomic mass is 10.1. The molecule has 0 heterocycles. The predicted octanol–water partition coefficient (Wildman–Crippen LogP) is 1.39. The molecule has 1 rings (SSSR count). The zero-order valence-electron chi connectivity index (χ0n) is 14.7. The van der Waals surface area contributed by atoms with Gasteiger partial charge in [0.2, 0.25) is 10.0 Å². The number of carbonyl (C=O) groups is 1. The summed E-state index contributed by atoms with van der Waals surface area (Å²) in [4.78, 5) is 12.1. The highest BCUT2D eigenvalue weighted by Gasteiger charge is 2.17. The number of nitriles is 1. The van der Waals surface area contributed by atoms with E-state index >= 15 is 0 Å². The largest absolute Gasteiger partial charge is 0.382 e. The minimum atomic E-state index is -3.58. The normalized spacial score (nSPS) is 12.0. The van der Waals surface area contributed by atoms with Gasteiger partial charge in [-0.05, 0) is 37.1 Å². The van der Waals surface area contributed by atoms with Crippen molar-refractivity contribution in [3.8, 4) is 6.07 Å². The van der Waals surface area contributed by atoms with E-state index in [1.54, 1.807) is 12.1 Å². The van der Waals surface area contributed by atoms with E-state index in [0.29, 0.717) is 31.7 Å². The van der Waals surface area contributed by atoms with Gasteiger partial charge in [-0.2, -0.15) is 5.26 Å². The maximum Gasteiger partial charge on any atom is 0.261 e. The molecule has 1 amide bonds. The summed E-state index contributed by atoms with van der Waals surface area (Å²) in [6.45, 7) is 3.43. The maximum absolute atomic E-state index is 12.2. The lowest BCUT2D eigenvalue weighted by Gasteiger charge is -2.11. The van der Waals surface area contributed by atoms with Crippen LogP contribution in [0, 0.1) is 11.3 Å². The summed E-state index contributed by atoms with van der Waals surface area (Å²) < 4.78 is 30.6. The second-order valence-electron chi connectivity index (χ2n) is 5.34. The smallest absolute Gasteiger partial charge is 0.261 e. The molecule has 7 nitrogen and oxygen atoms in total. The molecule has 0 unspecified atom stereocenters. The van der Waals surface area contributed by atoms with Gasteiger partial charge in [0.1, 0.15) is 11.6 Å². The fraction of sp³-hybridized carbons (Fsp3) is 0.412. The van der Waals surface area contributed by atoms with Crippen LogP contribution in [0.2, 0.25) is 0 Å². The van der Waals surface area contributed by atoms with Crippen molar-refractivity contribution in [1.29, 1.82) is 5.26 Å². The van der Waals surface area contributed by atoms with E-state index in [-0.39, 0.29) is 10.5 Å². The SMILES string of the molecule is CCOCCCNC(=O)/C(C#N)=C/c1cccc(S(=O)(=O)N(C)C)c1. The van der Waals surface area contributed by atoms with Gasteiger partial charge >= 0.3 is 0 Å². The van der Waals surface area contributed by atoms with Crippen LogP contribution in [0.15, 0.2) is 34.7 Å². The molecule has 0 bridgehead atoms. The van der Waals surface area contributed by atoms with Crippen molar-refractivity contribution in [2.45, 2.75) is 18.2 Å². The first-order valence-corrected chi connectivity index (χ1v) is 9.27. The summed E-state index contributed by atoms with van der Waals surface area (Å²) in [5, 5.41) is 11.8. The molecule has 0 spiro atoms. The van der Waals surface area contributed by atoms with Gasteiger partial charge in [0.05, 0.1) is 4.90 Å². The number of amides is 1. The lowest BCUT2D eigenvalue weighted by Crippen LogP contribution is -2.26. The fourth-order valence-corrected chi connectivity index (χ4v) is 2.86. The third-order valence-electron chi connectivity index (χ3n) is 3.27. The Kier molecular flexibility index (Phi) is 8.28. The maximum atomic E-state index is 12.2. The van der Waals surface area contributed by atoms with Crippen LogP contribution in [0.5, 0.6) is 0 Å². The van der Waals surface area contributed by atoms with Crippen LogP contribution in [-0.4, -0.2) is 52.5 Å². The first-order chi connectivity index (χ1) is 11.8. The summed E-state index contributed by atoms with van der Waals surface area (Å²) in [5.41, 5.74) is 0.375. The van der Waals surface area contributed by atoms with Crippen molar-refractivity contribution >= 4 is 22.0 Å². The Labute approximate surface area is 148 Å². The van der Waals surface area contributed by atoms with Crippen LogP contribution in [0.4, 0.5) is 0 Å². The molecule has 0 saturated carbocycles. The summed E-state index contributed by atoms with van der Waals surface area (Å²) in [6.07, 6.45) is 2.02. The monoisotopic (exact) mass is 365 g/mol. The molecule has 0 aromatic heterocycles. The molecule has 136 valence electrons. The predicted molar refractivity (Wildman–Crippen MR) is 95.0 cm³/mol. The molecule has 8 heteroatoms. The molecule has 0 saturated heterocycles. The zero-order valence-corrected chi connectivity index (χ0v) is 15.5. The summed E-state index contributed by atoms with van der Waals surface area (Å²) >= 11 is 0. The number of benzene rings is 1. The summed E-state index contributed by atoms with van der Waals surface area (Å²) in [7, 11) is -0.701. The summed E-state index contributed by atoms with van der Waals surface area (Å²) in [6, 6.07) is 7.93. The van der Waals surface area contributed by atoms with Crippen molar-refractivity contribution in [3.05, 3.63) is 35.4 Å². The Morgan fingerprint density at radius 2 is 2.12 bits per heavy atom. The zero-order chi connectivity index (χ0) is 18.9. The van der Waals surface area contributed by atoms with Crippen LogP contribution in [0.3, 0.4) is 0 Å². The fourth-order valence-electron chi connectivity index (χ4n) is 1.91. The van der Waals surface area contributed by atoms with E-state index in [9.17, 15) is 18.5 Å². The van der Waals surface area contributed by atoms with E-state index < -0.39 is 15.9 Å². The first kappa shape index (κ1) is 20.8. The first-order valence-electron chi connectivity index (χ1n) is 7.83. The van der Waals surface area contributed by atoms with Gasteiger partial charge in [0.25, 0.3) is 5.91 Å². The van der Waals surface area contributed by atoms with Crippen molar-refractivity contribution in [2.75, 3.05) is 33.9 Å². The van der Waals surface area contributed by atoms with Crippen molar-refractivity contribution < 1.29 is 17.9 Å². The van der Waals surface area contributed by atoms with E-state index in [1.807, 2.05) is 13.0 Å². The Hall–Kier alpha value is -2.21. The van der Waals surface area contributed by atoms with Crippen LogP contribution in [-0.2, 0) is 19.6 Å². The van der Waals surface area contributed by atoms with Gasteiger partial charge in [-0.3, -0.25) is 4.79 Å². The standard InChI is InChI=1S/C17H23N3O4S/c1-4-24-10-6-9-19-17(21)15(13-18)11-14-7-5-8-16(12-14)25(22,23)20(2)3/h5,7-8,11-12H,4,6,9-10H2,1-3H3,(H,19,21)/b15-11+. The lowest BCUT2D eigenvalue weighted by molar-refractivity contribution is -0.117. The van der Waals surface area contributed by atoms with Gasteiger partial charge < -0.3 is 10.1 Å². The average Bonchev–Trinajstić information content (AvgIpc) is 2.59. The van der Waals surface area contributed by atoms with Crippen molar-refractivity contribution in [1.82, 2.24) is 9.62 Å². The molecule has 1 aromatic carbocycles. The molecular weight excluding hydrogens is 342 g/mol. The molecule has 0 atom stereocenters. The van der Waals surface area contributed by atoms with Crippen LogP contribution in [0.25, 0.3) is 6.08 Å². The topological polar surface area (TPSA) is 99.5 Å². The minimum absolute atomic E-state index is 0.0872. The third-order valence-corrected chi connectivity index (χ3v) is 5.08. The molecule has 0 fully saturated rings. The molecule has 1 N–H and O–H groups in total. The Morgan fingerprint density at radius 1 is 1.40 bits per heavy atom. The number of carbonyl (C=O) groups excluding carboxylic acids is 1. The van der Waals surface area contributed by atoms with Crippen LogP contribution < -0.4 is 5.32 Å². The van der Waals surface area contributed by atoms with E-state index in [4.69, 9.17) is 4.74 Å². The highest BCUT2D eigenvalue weighted by Crippen LogP contribution is 2.16. The number of hydrogen-bond acceptors (Lipinski definition) is 5. The van der Waals surface area contributed by atoms with Crippen LogP contribution in [0.1, 0.15) is 18.9 Å². The number of ether oxygens (including phenoxy) is 1. The Balaban J connectivity index is 2.89. The van der Waals surface area contributed by atoms with Gasteiger partial charge in [-0.25, -0.2) is 12.7 Å². The van der Waals surface area contributed by atoms with Crippen molar-refractivity contribution in [2.24, 2.45) is 0 Å². The van der Waals surface area contributed by atoms with Gasteiger partial charge in [-0.15, -0.1) is 0 Å².